The van der Waals surface area contributed by atoms with Crippen molar-refractivity contribution in [1.29, 1.82) is 0 Å². The summed E-state index contributed by atoms with van der Waals surface area (Å²) in [5, 5.41) is 0. The fraction of sp³-hybridized carbons (Fsp3) is 1.00. The standard InChI is InChI=1S/C6H15N.CH3Br/c1-4-7(5-2)6-3;1-2/h4-6H2,1-3H3;1H3. The predicted octanol–water partition coefficient (Wildman–Crippen LogP) is 2.36. The lowest BCUT2D eigenvalue weighted by atomic mass is 10.5. The molecule has 0 saturated heterocycles. The van der Waals surface area contributed by atoms with E-state index in [4.69, 9.17) is 0 Å². The van der Waals surface area contributed by atoms with Crippen molar-refractivity contribution in [2.75, 3.05) is 25.5 Å². The highest BCUT2D eigenvalue weighted by molar-refractivity contribution is 9.08. The van der Waals surface area contributed by atoms with E-state index in [1.165, 1.54) is 19.6 Å². The summed E-state index contributed by atoms with van der Waals surface area (Å²) in [6.45, 7) is 10.1. The van der Waals surface area contributed by atoms with Crippen molar-refractivity contribution in [1.82, 2.24) is 4.90 Å². The normalized spacial score (nSPS) is 8.67. The van der Waals surface area contributed by atoms with Crippen LogP contribution >= 0.6 is 15.9 Å². The predicted molar refractivity (Wildman–Crippen MR) is 48.3 cm³/mol. The zero-order valence-corrected chi connectivity index (χ0v) is 8.53. The summed E-state index contributed by atoms with van der Waals surface area (Å²) in [5.41, 5.74) is 0. The van der Waals surface area contributed by atoms with Gasteiger partial charge in [0.2, 0.25) is 0 Å². The van der Waals surface area contributed by atoms with Gasteiger partial charge in [-0.25, -0.2) is 0 Å². The molecule has 58 valence electrons. The Bertz CT molecular complexity index is 30.4. The molecule has 0 aromatic heterocycles. The van der Waals surface area contributed by atoms with Gasteiger partial charge in [0.15, 0.2) is 0 Å². The van der Waals surface area contributed by atoms with Gasteiger partial charge in [0.05, 0.1) is 0 Å². The van der Waals surface area contributed by atoms with Crippen molar-refractivity contribution in [2.45, 2.75) is 20.8 Å². The van der Waals surface area contributed by atoms with Gasteiger partial charge in [-0.05, 0) is 25.5 Å². The molecule has 0 saturated carbocycles. The smallest absolute Gasteiger partial charge is 0.00474 e. The van der Waals surface area contributed by atoms with E-state index in [9.17, 15) is 0 Å². The molecule has 0 unspecified atom stereocenters. The maximum Gasteiger partial charge on any atom is -0.00474 e. The second-order valence-corrected chi connectivity index (χ2v) is 1.62. The van der Waals surface area contributed by atoms with Crippen LogP contribution in [0.4, 0.5) is 0 Å². The molecule has 2 heteroatoms. The molecule has 0 atom stereocenters. The van der Waals surface area contributed by atoms with E-state index in [1.807, 2.05) is 5.83 Å². The van der Waals surface area contributed by atoms with Crippen molar-refractivity contribution in [3.8, 4) is 0 Å². The molecule has 0 bridgehead atoms. The Morgan fingerprint density at radius 1 is 0.889 bits per heavy atom. The molecular formula is C7H18BrN. The van der Waals surface area contributed by atoms with E-state index in [-0.39, 0.29) is 0 Å². The van der Waals surface area contributed by atoms with Gasteiger partial charge in [-0.15, -0.1) is 0 Å². The Labute approximate surface area is 67.6 Å². The monoisotopic (exact) mass is 195 g/mol. The summed E-state index contributed by atoms with van der Waals surface area (Å²) in [5.74, 6) is 1.81. The maximum absolute atomic E-state index is 2.94. The first kappa shape index (κ1) is 12.1. The largest absolute Gasteiger partial charge is 0.304 e. The quantitative estimate of drug-likeness (QED) is 0.626. The van der Waals surface area contributed by atoms with Crippen LogP contribution in [0, 0.1) is 0 Å². The average molecular weight is 196 g/mol. The number of halogens is 1. The van der Waals surface area contributed by atoms with Crippen LogP contribution < -0.4 is 0 Å². The highest BCUT2D eigenvalue weighted by Gasteiger charge is 1.89. The van der Waals surface area contributed by atoms with Crippen LogP contribution in [0.15, 0.2) is 0 Å². The Balaban J connectivity index is 0. The van der Waals surface area contributed by atoms with Crippen LogP contribution in [0.5, 0.6) is 0 Å². The van der Waals surface area contributed by atoms with E-state index in [0.717, 1.165) is 0 Å². The van der Waals surface area contributed by atoms with Crippen molar-refractivity contribution in [3.63, 3.8) is 0 Å². The highest BCUT2D eigenvalue weighted by atomic mass is 79.9. The zero-order chi connectivity index (χ0) is 7.70. The van der Waals surface area contributed by atoms with E-state index >= 15 is 0 Å². The Morgan fingerprint density at radius 2 is 1.11 bits per heavy atom. The van der Waals surface area contributed by atoms with Crippen LogP contribution in [0.2, 0.25) is 0 Å². The third-order valence-corrected chi connectivity index (χ3v) is 1.34. The number of nitrogens with zero attached hydrogens (tertiary/aromatic N) is 1. The number of alkyl halides is 1. The van der Waals surface area contributed by atoms with Crippen LogP contribution in [-0.2, 0) is 0 Å². The molecular weight excluding hydrogens is 178 g/mol. The van der Waals surface area contributed by atoms with Crippen molar-refractivity contribution < 1.29 is 0 Å². The lowest BCUT2D eigenvalue weighted by molar-refractivity contribution is 0.321. The maximum atomic E-state index is 2.94. The van der Waals surface area contributed by atoms with E-state index in [1.54, 1.807) is 0 Å². The molecule has 0 aliphatic carbocycles. The molecule has 0 amide bonds. The van der Waals surface area contributed by atoms with Gasteiger partial charge >= 0.3 is 0 Å². The molecule has 0 aromatic carbocycles. The third kappa shape index (κ3) is 8.44. The molecule has 0 radical (unpaired) electrons. The van der Waals surface area contributed by atoms with Crippen LogP contribution in [0.25, 0.3) is 0 Å². The topological polar surface area (TPSA) is 3.24 Å². The first-order valence-corrected chi connectivity index (χ1v) is 5.03. The van der Waals surface area contributed by atoms with Gasteiger partial charge < -0.3 is 4.90 Å². The summed E-state index contributed by atoms with van der Waals surface area (Å²) in [7, 11) is 0. The average Bonchev–Trinajstić information content (AvgIpc) is 1.96. The third-order valence-electron chi connectivity index (χ3n) is 1.34. The lowest BCUT2D eigenvalue weighted by Crippen LogP contribution is -2.21. The van der Waals surface area contributed by atoms with Gasteiger partial charge in [-0.3, -0.25) is 0 Å². The Morgan fingerprint density at radius 3 is 1.11 bits per heavy atom. The molecule has 0 spiro atoms. The molecule has 0 heterocycles. The second kappa shape index (κ2) is 11.3. The SMILES string of the molecule is CBr.CCN(CC)CC. The van der Waals surface area contributed by atoms with Crippen molar-refractivity contribution in [3.05, 3.63) is 0 Å². The van der Waals surface area contributed by atoms with E-state index in [2.05, 4.69) is 41.6 Å². The first-order valence-electron chi connectivity index (χ1n) is 3.45. The van der Waals surface area contributed by atoms with Gasteiger partial charge in [-0.2, -0.15) is 0 Å². The van der Waals surface area contributed by atoms with Gasteiger partial charge in [-0.1, -0.05) is 36.7 Å². The minimum absolute atomic E-state index is 1.19. The zero-order valence-electron chi connectivity index (χ0n) is 6.95. The molecule has 0 fully saturated rings. The first-order chi connectivity index (χ1) is 4.35. The Kier molecular flexibility index (Phi) is 15.2. The number of rotatable bonds is 3. The van der Waals surface area contributed by atoms with Crippen LogP contribution in [0.1, 0.15) is 20.8 Å². The van der Waals surface area contributed by atoms with Crippen LogP contribution in [-0.4, -0.2) is 30.4 Å². The second-order valence-electron chi connectivity index (χ2n) is 1.62. The molecule has 0 rings (SSSR count). The minimum Gasteiger partial charge on any atom is -0.304 e. The molecule has 0 aliphatic heterocycles. The number of hydrogen-bond donors (Lipinski definition) is 0. The van der Waals surface area contributed by atoms with Crippen molar-refractivity contribution in [2.24, 2.45) is 0 Å². The fourth-order valence-corrected chi connectivity index (χ4v) is 0.671. The highest BCUT2D eigenvalue weighted by Crippen LogP contribution is 1.81. The van der Waals surface area contributed by atoms with Gasteiger partial charge in [0.25, 0.3) is 0 Å². The fourth-order valence-electron chi connectivity index (χ4n) is 0.671. The summed E-state index contributed by atoms with van der Waals surface area (Å²) >= 11 is 2.94. The summed E-state index contributed by atoms with van der Waals surface area (Å²) in [4.78, 5) is 2.38. The molecule has 0 aromatic rings. The van der Waals surface area contributed by atoms with Gasteiger partial charge in [0.1, 0.15) is 0 Å². The molecule has 9 heavy (non-hydrogen) atoms. The minimum atomic E-state index is 1.19. The molecule has 0 N–H and O–H groups in total. The van der Waals surface area contributed by atoms with E-state index in [0.29, 0.717) is 0 Å². The summed E-state index contributed by atoms with van der Waals surface area (Å²) in [6.07, 6.45) is 0. The van der Waals surface area contributed by atoms with Gasteiger partial charge in [0, 0.05) is 0 Å². The number of hydrogen-bond acceptors (Lipinski definition) is 1. The Hall–Kier alpha value is 0.440. The molecule has 1 nitrogen and oxygen atoms in total. The summed E-state index contributed by atoms with van der Waals surface area (Å²) < 4.78 is 0. The molecule has 0 aliphatic rings. The lowest BCUT2D eigenvalue weighted by Gasteiger charge is -2.13. The summed E-state index contributed by atoms with van der Waals surface area (Å²) in [6, 6.07) is 0. The van der Waals surface area contributed by atoms with E-state index < -0.39 is 0 Å². The van der Waals surface area contributed by atoms with Crippen LogP contribution in [0.3, 0.4) is 0 Å². The van der Waals surface area contributed by atoms with Crippen molar-refractivity contribution >= 4 is 15.9 Å².